The normalized spacial score (nSPS) is 11.8. The summed E-state index contributed by atoms with van der Waals surface area (Å²) >= 11 is 0. The second-order valence-electron chi connectivity index (χ2n) is 6.41. The fraction of sp³-hybridized carbons (Fsp3) is 0.273. The summed E-state index contributed by atoms with van der Waals surface area (Å²) in [5, 5.41) is 11.4. The molecule has 0 radical (unpaired) electrons. The number of esters is 1. The highest BCUT2D eigenvalue weighted by molar-refractivity contribution is 5.86. The van der Waals surface area contributed by atoms with Crippen molar-refractivity contribution in [2.24, 2.45) is 0 Å². The van der Waals surface area contributed by atoms with Crippen molar-refractivity contribution in [3.05, 3.63) is 63.9 Å². The van der Waals surface area contributed by atoms with Crippen molar-refractivity contribution in [3.8, 4) is 17.2 Å². The van der Waals surface area contributed by atoms with E-state index >= 15 is 0 Å². The van der Waals surface area contributed by atoms with Gasteiger partial charge in [-0.05, 0) is 25.1 Å². The molecular formula is C22H23NO6. The van der Waals surface area contributed by atoms with Crippen LogP contribution in [-0.4, -0.2) is 36.9 Å². The van der Waals surface area contributed by atoms with Crippen LogP contribution in [0.15, 0.2) is 47.3 Å². The van der Waals surface area contributed by atoms with Gasteiger partial charge in [-0.25, -0.2) is 0 Å². The summed E-state index contributed by atoms with van der Waals surface area (Å²) < 4.78 is 16.0. The number of methoxy groups -OCH3 is 2. The molecule has 3 rings (SSSR count). The molecule has 0 saturated carbocycles. The van der Waals surface area contributed by atoms with E-state index in [9.17, 15) is 14.7 Å². The third-order valence-corrected chi connectivity index (χ3v) is 4.76. The van der Waals surface area contributed by atoms with Crippen LogP contribution >= 0.6 is 0 Å². The molecule has 1 aromatic heterocycles. The van der Waals surface area contributed by atoms with Gasteiger partial charge in [0.15, 0.2) is 11.5 Å². The number of para-hydroxylation sites is 2. The maximum Gasteiger partial charge on any atom is 0.306 e. The monoisotopic (exact) mass is 397 g/mol. The smallest absolute Gasteiger partial charge is 0.306 e. The minimum atomic E-state index is -0.799. The minimum Gasteiger partial charge on any atom is -0.507 e. The summed E-state index contributed by atoms with van der Waals surface area (Å²) in [5.41, 5.74) is 0.630. The lowest BCUT2D eigenvalue weighted by molar-refractivity contribution is -0.143. The number of aromatic hydroxyl groups is 1. The summed E-state index contributed by atoms with van der Waals surface area (Å²) in [4.78, 5) is 28.1. The Morgan fingerprint density at radius 1 is 1.10 bits per heavy atom. The van der Waals surface area contributed by atoms with E-state index < -0.39 is 17.4 Å². The van der Waals surface area contributed by atoms with Crippen LogP contribution in [0.25, 0.3) is 10.9 Å². The van der Waals surface area contributed by atoms with E-state index in [4.69, 9.17) is 14.2 Å². The van der Waals surface area contributed by atoms with E-state index in [1.807, 2.05) is 0 Å². The Hall–Kier alpha value is -3.48. The lowest BCUT2D eigenvalue weighted by Gasteiger charge is -2.22. The van der Waals surface area contributed by atoms with Crippen LogP contribution in [0.1, 0.15) is 30.4 Å². The number of hydrogen-bond donors (Lipinski definition) is 2. The van der Waals surface area contributed by atoms with E-state index in [0.717, 1.165) is 0 Å². The summed E-state index contributed by atoms with van der Waals surface area (Å²) in [7, 11) is 2.98. The van der Waals surface area contributed by atoms with Crippen molar-refractivity contribution in [1.82, 2.24) is 4.98 Å². The molecule has 0 bridgehead atoms. The predicted octanol–water partition coefficient (Wildman–Crippen LogP) is 3.34. The number of aromatic amines is 1. The number of rotatable bonds is 7. The summed E-state index contributed by atoms with van der Waals surface area (Å²) in [5.74, 6) is -0.628. The number of H-pyrrole nitrogens is 1. The molecular weight excluding hydrogens is 374 g/mol. The van der Waals surface area contributed by atoms with Crippen LogP contribution in [0.2, 0.25) is 0 Å². The molecule has 2 N–H and O–H groups in total. The van der Waals surface area contributed by atoms with Gasteiger partial charge < -0.3 is 24.3 Å². The van der Waals surface area contributed by atoms with Crippen LogP contribution in [0.5, 0.6) is 17.2 Å². The van der Waals surface area contributed by atoms with E-state index in [1.54, 1.807) is 49.4 Å². The molecule has 0 fully saturated rings. The average molecular weight is 397 g/mol. The predicted molar refractivity (Wildman–Crippen MR) is 109 cm³/mol. The zero-order valence-electron chi connectivity index (χ0n) is 16.5. The first-order chi connectivity index (χ1) is 14.0. The van der Waals surface area contributed by atoms with Crippen molar-refractivity contribution < 1.29 is 24.1 Å². The molecule has 152 valence electrons. The van der Waals surface area contributed by atoms with Gasteiger partial charge in [0, 0.05) is 16.9 Å². The Balaban J connectivity index is 2.27. The van der Waals surface area contributed by atoms with Gasteiger partial charge in [-0.15, -0.1) is 0 Å². The lowest BCUT2D eigenvalue weighted by atomic mass is 9.87. The maximum atomic E-state index is 12.9. The van der Waals surface area contributed by atoms with Crippen LogP contribution < -0.4 is 15.0 Å². The first kappa shape index (κ1) is 20.3. The van der Waals surface area contributed by atoms with Gasteiger partial charge in [0.2, 0.25) is 0 Å². The second-order valence-corrected chi connectivity index (χ2v) is 6.41. The van der Waals surface area contributed by atoms with Gasteiger partial charge in [-0.2, -0.15) is 0 Å². The molecule has 1 unspecified atom stereocenters. The van der Waals surface area contributed by atoms with Crippen molar-refractivity contribution >= 4 is 16.9 Å². The van der Waals surface area contributed by atoms with Gasteiger partial charge in [0.1, 0.15) is 5.75 Å². The third-order valence-electron chi connectivity index (χ3n) is 4.76. The molecule has 0 aliphatic rings. The molecule has 2 aromatic carbocycles. The molecule has 29 heavy (non-hydrogen) atoms. The number of ether oxygens (including phenoxy) is 3. The Bertz CT molecular complexity index is 1090. The van der Waals surface area contributed by atoms with Crippen LogP contribution in [0.4, 0.5) is 0 Å². The lowest BCUT2D eigenvalue weighted by Crippen LogP contribution is -2.21. The van der Waals surface area contributed by atoms with E-state index in [1.165, 1.54) is 14.2 Å². The Morgan fingerprint density at radius 2 is 1.86 bits per heavy atom. The van der Waals surface area contributed by atoms with Crippen molar-refractivity contribution in [2.45, 2.75) is 19.3 Å². The molecule has 0 amide bonds. The largest absolute Gasteiger partial charge is 0.507 e. The quantitative estimate of drug-likeness (QED) is 0.594. The SMILES string of the molecule is CCOC(=O)CC(c1cccc(OC)c1OC)c1c(O)c2ccccc2[nH]c1=O. The molecule has 0 spiro atoms. The molecule has 7 nitrogen and oxygen atoms in total. The summed E-state index contributed by atoms with van der Waals surface area (Å²) in [6, 6.07) is 12.1. The molecule has 7 heteroatoms. The zero-order chi connectivity index (χ0) is 21.0. The first-order valence-corrected chi connectivity index (χ1v) is 9.22. The molecule has 0 aliphatic heterocycles. The number of carbonyl (C=O) groups excluding carboxylic acids is 1. The topological polar surface area (TPSA) is 97.8 Å². The van der Waals surface area contributed by atoms with Gasteiger partial charge in [0.05, 0.1) is 38.3 Å². The highest BCUT2D eigenvalue weighted by atomic mass is 16.5. The third kappa shape index (κ3) is 3.89. The van der Waals surface area contributed by atoms with E-state index in [-0.39, 0.29) is 24.3 Å². The molecule has 0 saturated heterocycles. The minimum absolute atomic E-state index is 0.0725. The highest BCUT2D eigenvalue weighted by Crippen LogP contribution is 2.42. The molecule has 0 aliphatic carbocycles. The van der Waals surface area contributed by atoms with Gasteiger partial charge in [-0.1, -0.05) is 24.3 Å². The molecule has 3 aromatic rings. The van der Waals surface area contributed by atoms with Crippen LogP contribution in [0, 0.1) is 0 Å². The zero-order valence-corrected chi connectivity index (χ0v) is 16.5. The summed E-state index contributed by atoms with van der Waals surface area (Å²) in [6.45, 7) is 1.92. The van der Waals surface area contributed by atoms with E-state index in [0.29, 0.717) is 28.0 Å². The number of pyridine rings is 1. The fourth-order valence-electron chi connectivity index (χ4n) is 3.50. The van der Waals surface area contributed by atoms with Crippen molar-refractivity contribution in [3.63, 3.8) is 0 Å². The first-order valence-electron chi connectivity index (χ1n) is 9.22. The number of fused-ring (bicyclic) bond motifs is 1. The van der Waals surface area contributed by atoms with Crippen molar-refractivity contribution in [1.29, 1.82) is 0 Å². The Labute approximate surface area is 167 Å². The van der Waals surface area contributed by atoms with Crippen molar-refractivity contribution in [2.75, 3.05) is 20.8 Å². The number of carbonyl (C=O) groups is 1. The second kappa shape index (κ2) is 8.68. The molecule has 1 atom stereocenters. The Kier molecular flexibility index (Phi) is 6.07. The highest BCUT2D eigenvalue weighted by Gasteiger charge is 2.29. The number of aromatic nitrogens is 1. The maximum absolute atomic E-state index is 12.9. The summed E-state index contributed by atoms with van der Waals surface area (Å²) in [6.07, 6.45) is -0.146. The molecule has 1 heterocycles. The van der Waals surface area contributed by atoms with Crippen LogP contribution in [0.3, 0.4) is 0 Å². The van der Waals surface area contributed by atoms with E-state index in [2.05, 4.69) is 4.98 Å². The fourth-order valence-corrected chi connectivity index (χ4v) is 3.50. The average Bonchev–Trinajstić information content (AvgIpc) is 2.72. The number of benzene rings is 2. The number of hydrogen-bond acceptors (Lipinski definition) is 6. The standard InChI is InChI=1S/C22H23NO6/c1-4-29-18(24)12-15(13-9-7-11-17(27-2)21(13)28-3)19-20(25)14-8-5-6-10-16(14)23-22(19)26/h5-11,15H,4,12H2,1-3H3,(H2,23,25,26). The van der Waals surface area contributed by atoms with Gasteiger partial charge in [-0.3, -0.25) is 9.59 Å². The van der Waals surface area contributed by atoms with Gasteiger partial charge >= 0.3 is 5.97 Å². The number of nitrogens with one attached hydrogen (secondary N) is 1. The van der Waals surface area contributed by atoms with Crippen LogP contribution in [-0.2, 0) is 9.53 Å². The van der Waals surface area contributed by atoms with Gasteiger partial charge in [0.25, 0.3) is 5.56 Å². The Morgan fingerprint density at radius 3 is 2.55 bits per heavy atom.